The van der Waals surface area contributed by atoms with Crippen LogP contribution in [0.25, 0.3) is 0 Å². The largest absolute Gasteiger partial charge is 0.493 e. The molecule has 1 heterocycles. The molecule has 0 aromatic heterocycles. The molecule has 0 saturated carbocycles. The van der Waals surface area contributed by atoms with Crippen LogP contribution >= 0.6 is 0 Å². The van der Waals surface area contributed by atoms with Crippen molar-refractivity contribution >= 4 is 11.8 Å². The van der Waals surface area contributed by atoms with Crippen LogP contribution < -0.4 is 14.2 Å². The van der Waals surface area contributed by atoms with Gasteiger partial charge in [0.25, 0.3) is 5.91 Å². The van der Waals surface area contributed by atoms with Gasteiger partial charge in [-0.3, -0.25) is 9.59 Å². The summed E-state index contributed by atoms with van der Waals surface area (Å²) in [6, 6.07) is 11.3. The van der Waals surface area contributed by atoms with Crippen molar-refractivity contribution in [1.82, 2.24) is 9.80 Å². The highest BCUT2D eigenvalue weighted by molar-refractivity contribution is 5.80. The van der Waals surface area contributed by atoms with Crippen molar-refractivity contribution in [3.8, 4) is 17.2 Å². The van der Waals surface area contributed by atoms with Gasteiger partial charge in [-0.25, -0.2) is 0 Å². The average molecular weight is 441 g/mol. The van der Waals surface area contributed by atoms with Gasteiger partial charge in [0.1, 0.15) is 5.75 Å². The molecule has 3 rings (SSSR count). The van der Waals surface area contributed by atoms with Crippen LogP contribution in [0, 0.1) is 13.8 Å². The second-order valence-corrected chi connectivity index (χ2v) is 7.97. The number of aryl methyl sites for hydroxylation is 1. The van der Waals surface area contributed by atoms with Gasteiger partial charge in [-0.05, 0) is 55.2 Å². The minimum atomic E-state index is -0.0555. The molecule has 2 aromatic rings. The van der Waals surface area contributed by atoms with E-state index in [1.165, 1.54) is 0 Å². The molecule has 2 amide bonds. The third-order valence-electron chi connectivity index (χ3n) is 5.91. The van der Waals surface area contributed by atoms with Gasteiger partial charge in [-0.15, -0.1) is 0 Å². The fourth-order valence-corrected chi connectivity index (χ4v) is 3.80. The average Bonchev–Trinajstić information content (AvgIpc) is 3.06. The molecule has 0 atom stereocenters. The Morgan fingerprint density at radius 2 is 1.53 bits per heavy atom. The molecule has 1 aliphatic rings. The van der Waals surface area contributed by atoms with Crippen molar-refractivity contribution in [3.05, 3.63) is 53.1 Å². The predicted molar refractivity (Wildman–Crippen MR) is 122 cm³/mol. The monoisotopic (exact) mass is 440 g/mol. The Labute approximate surface area is 189 Å². The van der Waals surface area contributed by atoms with E-state index in [1.807, 2.05) is 49.1 Å². The molecule has 0 bridgehead atoms. The Kier molecular flexibility index (Phi) is 7.98. The normalized spacial score (nSPS) is 14.0. The first kappa shape index (κ1) is 23.4. The standard InChI is InChI=1S/C25H32N2O5/c1-18-7-5-8-21(19(18)2)32-17-25(29)27-12-6-11-26(13-14-27)24(28)16-20-9-10-22(30-3)23(15-20)31-4/h5,7-10,15H,6,11-14,16-17H2,1-4H3. The molecule has 1 aliphatic heterocycles. The minimum Gasteiger partial charge on any atom is -0.493 e. The lowest BCUT2D eigenvalue weighted by molar-refractivity contribution is -0.134. The topological polar surface area (TPSA) is 68.3 Å². The SMILES string of the molecule is COc1ccc(CC(=O)N2CCCN(C(=O)COc3cccc(C)c3C)CC2)cc1OC. The molecule has 1 saturated heterocycles. The van der Waals surface area contributed by atoms with Gasteiger partial charge < -0.3 is 24.0 Å². The first-order chi connectivity index (χ1) is 15.4. The smallest absolute Gasteiger partial charge is 0.260 e. The van der Waals surface area contributed by atoms with Crippen LogP contribution in [0.1, 0.15) is 23.1 Å². The maximum absolute atomic E-state index is 12.9. The van der Waals surface area contributed by atoms with Gasteiger partial charge >= 0.3 is 0 Å². The molecule has 0 N–H and O–H groups in total. The summed E-state index contributed by atoms with van der Waals surface area (Å²) >= 11 is 0. The van der Waals surface area contributed by atoms with E-state index in [2.05, 4.69) is 0 Å². The summed E-state index contributed by atoms with van der Waals surface area (Å²) in [7, 11) is 3.16. The lowest BCUT2D eigenvalue weighted by Crippen LogP contribution is -2.39. The molecule has 0 spiro atoms. The number of carbonyl (C=O) groups excluding carboxylic acids is 2. The third-order valence-corrected chi connectivity index (χ3v) is 5.91. The summed E-state index contributed by atoms with van der Waals surface area (Å²) in [6.07, 6.45) is 1.02. The van der Waals surface area contributed by atoms with E-state index in [0.29, 0.717) is 37.7 Å². The fraction of sp³-hybridized carbons (Fsp3) is 0.440. The minimum absolute atomic E-state index is 0.00385. The Balaban J connectivity index is 1.53. The Bertz CT molecular complexity index is 959. The van der Waals surface area contributed by atoms with Gasteiger partial charge in [0.05, 0.1) is 20.6 Å². The summed E-state index contributed by atoms with van der Waals surface area (Å²) in [5.41, 5.74) is 3.04. The number of amides is 2. The molecule has 7 nitrogen and oxygen atoms in total. The number of hydrogen-bond acceptors (Lipinski definition) is 5. The number of rotatable bonds is 7. The molecule has 1 fully saturated rings. The van der Waals surface area contributed by atoms with E-state index < -0.39 is 0 Å². The summed E-state index contributed by atoms with van der Waals surface area (Å²) in [5.74, 6) is 1.96. The van der Waals surface area contributed by atoms with Crippen LogP contribution in [0.2, 0.25) is 0 Å². The van der Waals surface area contributed by atoms with Crippen molar-refractivity contribution in [1.29, 1.82) is 0 Å². The van der Waals surface area contributed by atoms with Crippen molar-refractivity contribution in [2.75, 3.05) is 47.0 Å². The van der Waals surface area contributed by atoms with Crippen LogP contribution in [0.3, 0.4) is 0 Å². The van der Waals surface area contributed by atoms with Crippen LogP contribution in [-0.4, -0.2) is 68.6 Å². The van der Waals surface area contributed by atoms with Crippen LogP contribution in [-0.2, 0) is 16.0 Å². The number of carbonyl (C=O) groups is 2. The number of ether oxygens (including phenoxy) is 3. The van der Waals surface area contributed by atoms with E-state index in [9.17, 15) is 9.59 Å². The summed E-state index contributed by atoms with van der Waals surface area (Å²) < 4.78 is 16.4. The maximum atomic E-state index is 12.9. The number of hydrogen-bond donors (Lipinski definition) is 0. The zero-order chi connectivity index (χ0) is 23.1. The van der Waals surface area contributed by atoms with E-state index >= 15 is 0 Å². The summed E-state index contributed by atoms with van der Waals surface area (Å²) in [5, 5.41) is 0. The van der Waals surface area contributed by atoms with Crippen molar-refractivity contribution in [2.24, 2.45) is 0 Å². The van der Waals surface area contributed by atoms with Crippen molar-refractivity contribution in [2.45, 2.75) is 26.7 Å². The van der Waals surface area contributed by atoms with Crippen LogP contribution in [0.5, 0.6) is 17.2 Å². The quantitative estimate of drug-likeness (QED) is 0.662. The van der Waals surface area contributed by atoms with Gasteiger partial charge in [-0.1, -0.05) is 18.2 Å². The lowest BCUT2D eigenvalue weighted by atomic mass is 10.1. The Morgan fingerprint density at radius 1 is 0.844 bits per heavy atom. The molecule has 172 valence electrons. The highest BCUT2D eigenvalue weighted by Crippen LogP contribution is 2.28. The Morgan fingerprint density at radius 3 is 2.22 bits per heavy atom. The first-order valence-electron chi connectivity index (χ1n) is 10.9. The lowest BCUT2D eigenvalue weighted by Gasteiger charge is -2.22. The van der Waals surface area contributed by atoms with Crippen molar-refractivity contribution < 1.29 is 23.8 Å². The maximum Gasteiger partial charge on any atom is 0.260 e. The number of benzene rings is 2. The third kappa shape index (κ3) is 5.72. The highest BCUT2D eigenvalue weighted by Gasteiger charge is 2.23. The van der Waals surface area contributed by atoms with E-state index in [0.717, 1.165) is 28.9 Å². The molecule has 0 unspecified atom stereocenters. The highest BCUT2D eigenvalue weighted by atomic mass is 16.5. The number of methoxy groups -OCH3 is 2. The molecule has 0 radical (unpaired) electrons. The van der Waals surface area contributed by atoms with Gasteiger partial charge in [0.15, 0.2) is 18.1 Å². The second kappa shape index (κ2) is 10.9. The summed E-state index contributed by atoms with van der Waals surface area (Å²) in [6.45, 7) is 6.29. The molecular weight excluding hydrogens is 408 g/mol. The summed E-state index contributed by atoms with van der Waals surface area (Å²) in [4.78, 5) is 29.2. The van der Waals surface area contributed by atoms with Gasteiger partial charge in [0.2, 0.25) is 5.91 Å². The van der Waals surface area contributed by atoms with Crippen LogP contribution in [0.15, 0.2) is 36.4 Å². The van der Waals surface area contributed by atoms with Gasteiger partial charge in [0, 0.05) is 26.2 Å². The predicted octanol–water partition coefficient (Wildman–Crippen LogP) is 3.00. The molecule has 2 aromatic carbocycles. The van der Waals surface area contributed by atoms with Crippen LogP contribution in [0.4, 0.5) is 0 Å². The van der Waals surface area contributed by atoms with E-state index in [1.54, 1.807) is 25.2 Å². The number of nitrogens with zero attached hydrogens (tertiary/aromatic N) is 2. The van der Waals surface area contributed by atoms with Crippen molar-refractivity contribution in [3.63, 3.8) is 0 Å². The molecule has 32 heavy (non-hydrogen) atoms. The first-order valence-corrected chi connectivity index (χ1v) is 10.9. The van der Waals surface area contributed by atoms with E-state index in [4.69, 9.17) is 14.2 Å². The zero-order valence-corrected chi connectivity index (χ0v) is 19.3. The molecule has 7 heteroatoms. The zero-order valence-electron chi connectivity index (χ0n) is 19.3. The molecule has 0 aliphatic carbocycles. The Hall–Kier alpha value is -3.22. The molecular formula is C25H32N2O5. The van der Waals surface area contributed by atoms with Gasteiger partial charge in [-0.2, -0.15) is 0 Å². The fourth-order valence-electron chi connectivity index (χ4n) is 3.80. The second-order valence-electron chi connectivity index (χ2n) is 7.97. The van der Waals surface area contributed by atoms with E-state index in [-0.39, 0.29) is 24.8 Å².